The average molecular weight is 270 g/mol. The zero-order valence-corrected chi connectivity index (χ0v) is 11.7. The number of benzene rings is 2. The van der Waals surface area contributed by atoms with Gasteiger partial charge in [-0.2, -0.15) is 0 Å². The number of rotatable bonds is 4. The van der Waals surface area contributed by atoms with Gasteiger partial charge in [0.05, 0.1) is 7.11 Å². The maximum Gasteiger partial charge on any atom is 0.258 e. The average Bonchev–Trinajstić information content (AvgIpc) is 2.50. The number of nitrogens with two attached hydrogens (primary N) is 1. The van der Waals surface area contributed by atoms with E-state index in [9.17, 15) is 4.79 Å². The molecular formula is C16H18N2O2. The van der Waals surface area contributed by atoms with E-state index in [4.69, 9.17) is 10.5 Å². The van der Waals surface area contributed by atoms with Gasteiger partial charge in [0.15, 0.2) is 0 Å². The summed E-state index contributed by atoms with van der Waals surface area (Å²) in [6.07, 6.45) is 0. The number of amides is 1. The fourth-order valence-electron chi connectivity index (χ4n) is 1.99. The molecule has 2 rings (SSSR count). The molecule has 0 saturated carbocycles. The fourth-order valence-corrected chi connectivity index (χ4v) is 1.99. The van der Waals surface area contributed by atoms with Gasteiger partial charge in [-0.25, -0.2) is 0 Å². The van der Waals surface area contributed by atoms with Gasteiger partial charge in [-0.1, -0.05) is 0 Å². The highest BCUT2D eigenvalue weighted by atomic mass is 16.5. The minimum atomic E-state index is -0.0417. The van der Waals surface area contributed by atoms with Gasteiger partial charge in [0.1, 0.15) is 5.75 Å². The minimum Gasteiger partial charge on any atom is -0.497 e. The lowest BCUT2D eigenvalue weighted by Gasteiger charge is -2.21. The molecule has 104 valence electrons. The first kappa shape index (κ1) is 13.9. The van der Waals surface area contributed by atoms with Gasteiger partial charge in [0, 0.05) is 23.5 Å². The maximum atomic E-state index is 12.5. The predicted octanol–water partition coefficient (Wildman–Crippen LogP) is 2.94. The predicted molar refractivity (Wildman–Crippen MR) is 81.2 cm³/mol. The van der Waals surface area contributed by atoms with Crippen molar-refractivity contribution >= 4 is 17.3 Å². The number of anilines is 2. The Kier molecular flexibility index (Phi) is 4.25. The van der Waals surface area contributed by atoms with Crippen LogP contribution in [-0.2, 0) is 0 Å². The molecule has 0 atom stereocenters. The number of ether oxygens (including phenoxy) is 1. The molecule has 0 aromatic heterocycles. The molecule has 2 N–H and O–H groups in total. The normalized spacial score (nSPS) is 10.1. The van der Waals surface area contributed by atoms with E-state index in [0.717, 1.165) is 11.4 Å². The first-order valence-corrected chi connectivity index (χ1v) is 6.47. The van der Waals surface area contributed by atoms with Crippen molar-refractivity contribution in [2.24, 2.45) is 0 Å². The van der Waals surface area contributed by atoms with Crippen LogP contribution in [0, 0.1) is 0 Å². The molecule has 0 aliphatic carbocycles. The molecule has 20 heavy (non-hydrogen) atoms. The minimum absolute atomic E-state index is 0.0417. The van der Waals surface area contributed by atoms with E-state index in [1.807, 2.05) is 19.1 Å². The molecule has 0 aliphatic heterocycles. The van der Waals surface area contributed by atoms with Crippen molar-refractivity contribution < 1.29 is 9.53 Å². The van der Waals surface area contributed by atoms with Crippen LogP contribution in [0.15, 0.2) is 48.5 Å². The Hall–Kier alpha value is -2.49. The smallest absolute Gasteiger partial charge is 0.258 e. The van der Waals surface area contributed by atoms with Crippen molar-refractivity contribution in [2.45, 2.75) is 6.92 Å². The van der Waals surface area contributed by atoms with Crippen LogP contribution < -0.4 is 15.4 Å². The van der Waals surface area contributed by atoms with Crippen LogP contribution in [0.1, 0.15) is 17.3 Å². The standard InChI is InChI=1S/C16H18N2O2/c1-3-18(14-8-6-13(17)7-9-14)16(19)12-4-10-15(20-2)11-5-12/h4-11H,3,17H2,1-2H3. The number of nitrogens with zero attached hydrogens (tertiary/aromatic N) is 1. The number of hydrogen-bond donors (Lipinski definition) is 1. The van der Waals surface area contributed by atoms with Gasteiger partial charge in [-0.3, -0.25) is 4.79 Å². The second-order valence-electron chi connectivity index (χ2n) is 4.37. The molecule has 4 nitrogen and oxygen atoms in total. The zero-order chi connectivity index (χ0) is 14.5. The van der Waals surface area contributed by atoms with Crippen LogP contribution in [0.2, 0.25) is 0 Å². The summed E-state index contributed by atoms with van der Waals surface area (Å²) in [5, 5.41) is 0. The summed E-state index contributed by atoms with van der Waals surface area (Å²) in [6, 6.07) is 14.4. The first-order valence-electron chi connectivity index (χ1n) is 6.47. The summed E-state index contributed by atoms with van der Waals surface area (Å²) in [5.41, 5.74) is 7.82. The first-order chi connectivity index (χ1) is 9.65. The third kappa shape index (κ3) is 2.91. The van der Waals surface area contributed by atoms with Crippen molar-refractivity contribution in [3.05, 3.63) is 54.1 Å². The highest BCUT2D eigenvalue weighted by molar-refractivity contribution is 6.06. The van der Waals surface area contributed by atoms with Crippen LogP contribution in [0.3, 0.4) is 0 Å². The molecule has 0 fully saturated rings. The van der Waals surface area contributed by atoms with E-state index in [0.29, 0.717) is 17.8 Å². The van der Waals surface area contributed by atoms with E-state index in [1.54, 1.807) is 48.4 Å². The van der Waals surface area contributed by atoms with Gasteiger partial charge in [0.25, 0.3) is 5.91 Å². The van der Waals surface area contributed by atoms with Crippen molar-refractivity contribution in [1.29, 1.82) is 0 Å². The summed E-state index contributed by atoms with van der Waals surface area (Å²) >= 11 is 0. The van der Waals surface area contributed by atoms with Gasteiger partial charge in [-0.15, -0.1) is 0 Å². The molecule has 0 heterocycles. The van der Waals surface area contributed by atoms with Crippen LogP contribution in [0.25, 0.3) is 0 Å². The highest BCUT2D eigenvalue weighted by Crippen LogP contribution is 2.20. The van der Waals surface area contributed by atoms with Crippen molar-refractivity contribution in [3.63, 3.8) is 0 Å². The van der Waals surface area contributed by atoms with Crippen molar-refractivity contribution in [2.75, 3.05) is 24.3 Å². The largest absolute Gasteiger partial charge is 0.497 e. The van der Waals surface area contributed by atoms with Crippen LogP contribution >= 0.6 is 0 Å². The van der Waals surface area contributed by atoms with E-state index in [1.165, 1.54) is 0 Å². The van der Waals surface area contributed by atoms with Crippen LogP contribution in [0.4, 0.5) is 11.4 Å². The molecule has 2 aromatic carbocycles. The van der Waals surface area contributed by atoms with E-state index in [2.05, 4.69) is 0 Å². The second-order valence-corrected chi connectivity index (χ2v) is 4.37. The van der Waals surface area contributed by atoms with E-state index < -0.39 is 0 Å². The Balaban J connectivity index is 2.26. The number of methoxy groups -OCH3 is 1. The van der Waals surface area contributed by atoms with Crippen molar-refractivity contribution in [1.82, 2.24) is 0 Å². The van der Waals surface area contributed by atoms with Crippen LogP contribution in [-0.4, -0.2) is 19.6 Å². The molecule has 0 saturated heterocycles. The lowest BCUT2D eigenvalue weighted by Crippen LogP contribution is -2.30. The summed E-state index contributed by atoms with van der Waals surface area (Å²) in [5.74, 6) is 0.692. The number of nitrogen functional groups attached to an aromatic ring is 1. The molecule has 0 aliphatic rings. The Morgan fingerprint density at radius 1 is 1.10 bits per heavy atom. The van der Waals surface area contributed by atoms with Crippen LogP contribution in [0.5, 0.6) is 5.75 Å². The monoisotopic (exact) mass is 270 g/mol. The Bertz CT molecular complexity index is 576. The fraction of sp³-hybridized carbons (Fsp3) is 0.188. The molecular weight excluding hydrogens is 252 g/mol. The molecule has 4 heteroatoms. The summed E-state index contributed by atoms with van der Waals surface area (Å²) in [4.78, 5) is 14.2. The number of hydrogen-bond acceptors (Lipinski definition) is 3. The summed E-state index contributed by atoms with van der Waals surface area (Å²) in [6.45, 7) is 2.53. The molecule has 2 aromatic rings. The Morgan fingerprint density at radius 2 is 1.70 bits per heavy atom. The summed E-state index contributed by atoms with van der Waals surface area (Å²) < 4.78 is 5.09. The van der Waals surface area contributed by atoms with Gasteiger partial charge in [0.2, 0.25) is 0 Å². The quantitative estimate of drug-likeness (QED) is 0.869. The van der Waals surface area contributed by atoms with Gasteiger partial charge >= 0.3 is 0 Å². The molecule has 0 spiro atoms. The van der Waals surface area contributed by atoms with Crippen molar-refractivity contribution in [3.8, 4) is 5.75 Å². The number of carbonyl (C=O) groups excluding carboxylic acids is 1. The molecule has 0 bridgehead atoms. The lowest BCUT2D eigenvalue weighted by atomic mass is 10.1. The second kappa shape index (κ2) is 6.10. The van der Waals surface area contributed by atoms with E-state index >= 15 is 0 Å². The third-order valence-corrected chi connectivity index (χ3v) is 3.10. The Labute approximate surface area is 118 Å². The topological polar surface area (TPSA) is 55.6 Å². The van der Waals surface area contributed by atoms with Gasteiger partial charge in [-0.05, 0) is 55.5 Å². The highest BCUT2D eigenvalue weighted by Gasteiger charge is 2.15. The van der Waals surface area contributed by atoms with E-state index in [-0.39, 0.29) is 5.91 Å². The third-order valence-electron chi connectivity index (χ3n) is 3.10. The molecule has 1 amide bonds. The Morgan fingerprint density at radius 3 is 2.20 bits per heavy atom. The molecule has 0 unspecified atom stereocenters. The molecule has 0 radical (unpaired) electrons. The maximum absolute atomic E-state index is 12.5. The lowest BCUT2D eigenvalue weighted by molar-refractivity contribution is 0.0988. The number of carbonyl (C=O) groups is 1. The zero-order valence-electron chi connectivity index (χ0n) is 11.7. The van der Waals surface area contributed by atoms with Gasteiger partial charge < -0.3 is 15.4 Å². The summed E-state index contributed by atoms with van der Waals surface area (Å²) in [7, 11) is 1.60. The SMILES string of the molecule is CCN(C(=O)c1ccc(OC)cc1)c1ccc(N)cc1.